The standard InChI is InChI=1S/C32H37NO3/c1-23(2)33-19-5-3-4-6-20-36-29-15-7-24(8-16-29)21-32-30(25-9-12-27(34)13-10-25)17-11-26-22-28(35)14-18-31(26)32/h7-18,22-23,33-35H,3-6,19-21H2,1-2H3. The number of phenolic OH excluding ortho intramolecular Hbond substituents is 2. The van der Waals surface area contributed by atoms with Crippen LogP contribution in [0.25, 0.3) is 21.9 Å². The molecule has 0 amide bonds. The lowest BCUT2D eigenvalue weighted by atomic mass is 9.90. The average Bonchev–Trinajstić information content (AvgIpc) is 2.87. The zero-order chi connectivity index (χ0) is 25.3. The maximum atomic E-state index is 9.98. The lowest BCUT2D eigenvalue weighted by molar-refractivity contribution is 0.304. The highest BCUT2D eigenvalue weighted by atomic mass is 16.5. The number of rotatable bonds is 12. The molecule has 3 N–H and O–H groups in total. The first kappa shape index (κ1) is 25.6. The van der Waals surface area contributed by atoms with Crippen LogP contribution in [0.15, 0.2) is 78.9 Å². The first-order valence-electron chi connectivity index (χ1n) is 13.0. The first-order valence-corrected chi connectivity index (χ1v) is 13.0. The van der Waals surface area contributed by atoms with E-state index in [0.29, 0.717) is 6.04 Å². The Bertz CT molecular complexity index is 1250. The Kier molecular flexibility index (Phi) is 8.85. The molecule has 4 aromatic carbocycles. The highest BCUT2D eigenvalue weighted by Gasteiger charge is 2.12. The van der Waals surface area contributed by atoms with E-state index in [1.165, 1.54) is 30.4 Å². The number of ether oxygens (including phenoxy) is 1. The molecule has 0 unspecified atom stereocenters. The van der Waals surface area contributed by atoms with Crippen LogP contribution in [0, 0.1) is 0 Å². The third-order valence-corrected chi connectivity index (χ3v) is 6.49. The van der Waals surface area contributed by atoms with Gasteiger partial charge in [-0.1, -0.05) is 69.2 Å². The molecule has 0 spiro atoms. The second-order valence-electron chi connectivity index (χ2n) is 9.74. The van der Waals surface area contributed by atoms with Crippen LogP contribution in [0.1, 0.15) is 50.7 Å². The Balaban J connectivity index is 1.42. The molecule has 36 heavy (non-hydrogen) atoms. The average molecular weight is 484 g/mol. The van der Waals surface area contributed by atoms with Crippen LogP contribution in [-0.2, 0) is 6.42 Å². The Morgan fingerprint density at radius 3 is 2.22 bits per heavy atom. The quantitative estimate of drug-likeness (QED) is 0.183. The molecule has 0 atom stereocenters. The summed E-state index contributed by atoms with van der Waals surface area (Å²) in [6, 6.07) is 25.9. The van der Waals surface area contributed by atoms with Crippen LogP contribution in [0.4, 0.5) is 0 Å². The van der Waals surface area contributed by atoms with Crippen LogP contribution in [0.2, 0.25) is 0 Å². The largest absolute Gasteiger partial charge is 0.508 e. The second-order valence-corrected chi connectivity index (χ2v) is 9.74. The minimum absolute atomic E-state index is 0.254. The van der Waals surface area contributed by atoms with Crippen molar-refractivity contribution in [2.75, 3.05) is 13.2 Å². The van der Waals surface area contributed by atoms with Gasteiger partial charge in [-0.15, -0.1) is 0 Å². The van der Waals surface area contributed by atoms with Crippen molar-refractivity contribution >= 4 is 10.8 Å². The predicted molar refractivity (Wildman–Crippen MR) is 149 cm³/mol. The fourth-order valence-electron chi connectivity index (χ4n) is 4.55. The van der Waals surface area contributed by atoms with Crippen molar-refractivity contribution in [2.45, 2.75) is 52.0 Å². The molecule has 188 valence electrons. The van der Waals surface area contributed by atoms with Crippen LogP contribution in [0.3, 0.4) is 0 Å². The third kappa shape index (κ3) is 7.02. The van der Waals surface area contributed by atoms with Crippen LogP contribution in [-0.4, -0.2) is 29.4 Å². The maximum Gasteiger partial charge on any atom is 0.119 e. The molecule has 0 bridgehead atoms. The number of aromatic hydroxyl groups is 2. The minimum Gasteiger partial charge on any atom is -0.508 e. The zero-order valence-electron chi connectivity index (χ0n) is 21.3. The van der Waals surface area contributed by atoms with E-state index in [9.17, 15) is 10.2 Å². The lowest BCUT2D eigenvalue weighted by Gasteiger charge is -2.15. The fourth-order valence-corrected chi connectivity index (χ4v) is 4.55. The minimum atomic E-state index is 0.254. The molecule has 4 aromatic rings. The second kappa shape index (κ2) is 12.5. The number of hydrogen-bond donors (Lipinski definition) is 3. The van der Waals surface area contributed by atoms with Gasteiger partial charge in [-0.2, -0.15) is 0 Å². The zero-order valence-corrected chi connectivity index (χ0v) is 21.3. The van der Waals surface area contributed by atoms with Gasteiger partial charge in [0.2, 0.25) is 0 Å². The summed E-state index contributed by atoms with van der Waals surface area (Å²) in [5, 5.41) is 25.3. The molecular formula is C32H37NO3. The van der Waals surface area contributed by atoms with Crippen molar-refractivity contribution in [3.8, 4) is 28.4 Å². The van der Waals surface area contributed by atoms with Gasteiger partial charge in [-0.05, 0) is 95.2 Å². The summed E-state index contributed by atoms with van der Waals surface area (Å²) in [4.78, 5) is 0. The summed E-state index contributed by atoms with van der Waals surface area (Å²) in [7, 11) is 0. The van der Waals surface area contributed by atoms with E-state index < -0.39 is 0 Å². The summed E-state index contributed by atoms with van der Waals surface area (Å²) in [6.07, 6.45) is 5.46. The van der Waals surface area contributed by atoms with Gasteiger partial charge in [-0.3, -0.25) is 0 Å². The smallest absolute Gasteiger partial charge is 0.119 e. The van der Waals surface area contributed by atoms with E-state index in [4.69, 9.17) is 4.74 Å². The van der Waals surface area contributed by atoms with E-state index in [1.54, 1.807) is 24.3 Å². The summed E-state index contributed by atoms with van der Waals surface area (Å²) >= 11 is 0. The van der Waals surface area contributed by atoms with Crippen molar-refractivity contribution < 1.29 is 14.9 Å². The van der Waals surface area contributed by atoms with Gasteiger partial charge < -0.3 is 20.3 Å². The fraction of sp³-hybridized carbons (Fsp3) is 0.312. The van der Waals surface area contributed by atoms with Gasteiger partial charge in [0, 0.05) is 6.04 Å². The van der Waals surface area contributed by atoms with Crippen molar-refractivity contribution in [1.82, 2.24) is 5.32 Å². The molecule has 0 aliphatic carbocycles. The molecule has 4 rings (SSSR count). The molecule has 4 heteroatoms. The van der Waals surface area contributed by atoms with Gasteiger partial charge in [0.1, 0.15) is 17.2 Å². The SMILES string of the molecule is CC(C)NCCCCCCOc1ccc(Cc2c(-c3ccc(O)cc3)ccc3cc(O)ccc23)cc1. The highest BCUT2D eigenvalue weighted by molar-refractivity contribution is 5.93. The van der Waals surface area contributed by atoms with Gasteiger partial charge >= 0.3 is 0 Å². The molecule has 4 nitrogen and oxygen atoms in total. The normalized spacial score (nSPS) is 11.3. The van der Waals surface area contributed by atoms with E-state index in [1.807, 2.05) is 24.3 Å². The van der Waals surface area contributed by atoms with Crippen molar-refractivity contribution in [3.63, 3.8) is 0 Å². The molecule has 0 fully saturated rings. The summed E-state index contributed by atoms with van der Waals surface area (Å²) in [5.41, 5.74) is 4.56. The number of nitrogens with one attached hydrogen (secondary N) is 1. The summed E-state index contributed by atoms with van der Waals surface area (Å²) < 4.78 is 5.98. The molecule has 0 radical (unpaired) electrons. The molecule has 0 aliphatic heterocycles. The van der Waals surface area contributed by atoms with E-state index in [2.05, 4.69) is 49.5 Å². The van der Waals surface area contributed by atoms with Gasteiger partial charge in [-0.25, -0.2) is 0 Å². The molecule has 0 saturated carbocycles. The summed E-state index contributed by atoms with van der Waals surface area (Å²) in [5.74, 6) is 1.42. The van der Waals surface area contributed by atoms with Crippen molar-refractivity contribution in [2.24, 2.45) is 0 Å². The van der Waals surface area contributed by atoms with Gasteiger partial charge in [0.25, 0.3) is 0 Å². The molecule has 0 saturated heterocycles. The lowest BCUT2D eigenvalue weighted by Crippen LogP contribution is -2.23. The Labute approximate surface area is 214 Å². The summed E-state index contributed by atoms with van der Waals surface area (Å²) in [6.45, 7) is 6.20. The highest BCUT2D eigenvalue weighted by Crippen LogP contribution is 2.34. The molecular weight excluding hydrogens is 446 g/mol. The first-order chi connectivity index (χ1) is 17.5. The monoisotopic (exact) mass is 483 g/mol. The maximum absolute atomic E-state index is 9.98. The van der Waals surface area contributed by atoms with E-state index >= 15 is 0 Å². The van der Waals surface area contributed by atoms with E-state index in [-0.39, 0.29) is 11.5 Å². The molecule has 0 aliphatic rings. The topological polar surface area (TPSA) is 61.7 Å². The Morgan fingerprint density at radius 2 is 1.47 bits per heavy atom. The number of fused-ring (bicyclic) bond motifs is 1. The number of hydrogen-bond acceptors (Lipinski definition) is 4. The predicted octanol–water partition coefficient (Wildman–Crippen LogP) is 7.45. The van der Waals surface area contributed by atoms with Crippen molar-refractivity contribution in [3.05, 3.63) is 90.0 Å². The van der Waals surface area contributed by atoms with E-state index in [0.717, 1.165) is 53.6 Å². The van der Waals surface area contributed by atoms with Gasteiger partial charge in [0.05, 0.1) is 6.61 Å². The molecule has 0 heterocycles. The van der Waals surface area contributed by atoms with Gasteiger partial charge in [0.15, 0.2) is 0 Å². The number of benzene rings is 4. The number of phenols is 2. The molecule has 0 aromatic heterocycles. The van der Waals surface area contributed by atoms with Crippen LogP contribution < -0.4 is 10.1 Å². The van der Waals surface area contributed by atoms with Crippen LogP contribution in [0.5, 0.6) is 17.2 Å². The van der Waals surface area contributed by atoms with Crippen molar-refractivity contribution in [1.29, 1.82) is 0 Å². The Morgan fingerprint density at radius 1 is 0.750 bits per heavy atom. The van der Waals surface area contributed by atoms with Crippen LogP contribution >= 0.6 is 0 Å². The third-order valence-electron chi connectivity index (χ3n) is 6.49. The number of unbranched alkanes of at least 4 members (excludes halogenated alkanes) is 3. The Hall–Kier alpha value is -3.50.